The maximum Gasteiger partial charge on any atom is 0.191 e. The summed E-state index contributed by atoms with van der Waals surface area (Å²) in [5, 5.41) is 6.87. The van der Waals surface area contributed by atoms with Gasteiger partial charge in [0.05, 0.1) is 13.2 Å². The van der Waals surface area contributed by atoms with Crippen molar-refractivity contribution in [2.75, 3.05) is 46.5 Å². The molecule has 2 N–H and O–H groups in total. The van der Waals surface area contributed by atoms with Crippen LogP contribution in [0.1, 0.15) is 19.4 Å². The SMILES string of the molecule is C=CCOc1ccccc1CNC(=NC)NCC(C(C)C)N1CCOCC1. The number of para-hydroxylation sites is 1. The lowest BCUT2D eigenvalue weighted by Crippen LogP contribution is -2.52. The van der Waals surface area contributed by atoms with Gasteiger partial charge in [0.2, 0.25) is 0 Å². The first-order valence-corrected chi connectivity index (χ1v) is 9.73. The fourth-order valence-corrected chi connectivity index (χ4v) is 3.24. The van der Waals surface area contributed by atoms with Gasteiger partial charge in [-0.05, 0) is 12.0 Å². The van der Waals surface area contributed by atoms with Gasteiger partial charge in [0.25, 0.3) is 0 Å². The molecule has 0 radical (unpaired) electrons. The minimum atomic E-state index is 0.454. The first-order chi connectivity index (χ1) is 13.2. The molecule has 1 fully saturated rings. The van der Waals surface area contributed by atoms with Gasteiger partial charge in [0.1, 0.15) is 12.4 Å². The van der Waals surface area contributed by atoms with Crippen LogP contribution in [0.4, 0.5) is 0 Å². The third-order valence-electron chi connectivity index (χ3n) is 4.76. The molecule has 0 spiro atoms. The number of aliphatic imine (C=N–C) groups is 1. The molecule has 6 nitrogen and oxygen atoms in total. The zero-order valence-electron chi connectivity index (χ0n) is 16.9. The normalized spacial score (nSPS) is 16.8. The van der Waals surface area contributed by atoms with Gasteiger partial charge in [-0.2, -0.15) is 0 Å². The van der Waals surface area contributed by atoms with Crippen LogP contribution >= 0.6 is 0 Å². The predicted molar refractivity (Wildman–Crippen MR) is 111 cm³/mol. The van der Waals surface area contributed by atoms with Gasteiger partial charge in [-0.1, -0.05) is 44.7 Å². The summed E-state index contributed by atoms with van der Waals surface area (Å²) in [5.41, 5.74) is 1.09. The highest BCUT2D eigenvalue weighted by molar-refractivity contribution is 5.79. The highest BCUT2D eigenvalue weighted by Crippen LogP contribution is 2.17. The molecule has 1 aromatic carbocycles. The first-order valence-electron chi connectivity index (χ1n) is 9.73. The van der Waals surface area contributed by atoms with Crippen LogP contribution in [0.5, 0.6) is 5.75 Å². The lowest BCUT2D eigenvalue weighted by atomic mass is 10.0. The van der Waals surface area contributed by atoms with Crippen LogP contribution in [0.15, 0.2) is 41.9 Å². The Labute approximate surface area is 163 Å². The van der Waals surface area contributed by atoms with Crippen molar-refractivity contribution in [3.63, 3.8) is 0 Å². The third kappa shape index (κ3) is 6.88. The average Bonchev–Trinajstić information content (AvgIpc) is 2.70. The zero-order valence-corrected chi connectivity index (χ0v) is 16.9. The Morgan fingerprint density at radius 1 is 1.30 bits per heavy atom. The highest BCUT2D eigenvalue weighted by atomic mass is 16.5. The lowest BCUT2D eigenvalue weighted by molar-refractivity contribution is 0.00752. The van der Waals surface area contributed by atoms with Crippen molar-refractivity contribution in [1.29, 1.82) is 0 Å². The van der Waals surface area contributed by atoms with Crippen LogP contribution in [-0.4, -0.2) is 63.4 Å². The maximum atomic E-state index is 5.72. The molecule has 1 aromatic rings. The molecule has 1 atom stereocenters. The molecule has 2 rings (SSSR count). The van der Waals surface area contributed by atoms with E-state index in [2.05, 4.69) is 47.0 Å². The van der Waals surface area contributed by atoms with E-state index in [1.54, 1.807) is 13.1 Å². The Morgan fingerprint density at radius 2 is 2.04 bits per heavy atom. The number of nitrogens with zero attached hydrogens (tertiary/aromatic N) is 2. The number of hydrogen-bond acceptors (Lipinski definition) is 4. The molecule has 1 aliphatic rings. The molecule has 6 heteroatoms. The van der Waals surface area contributed by atoms with E-state index in [4.69, 9.17) is 9.47 Å². The van der Waals surface area contributed by atoms with Crippen molar-refractivity contribution in [2.24, 2.45) is 10.9 Å². The van der Waals surface area contributed by atoms with E-state index < -0.39 is 0 Å². The summed E-state index contributed by atoms with van der Waals surface area (Å²) in [6, 6.07) is 8.48. The van der Waals surface area contributed by atoms with E-state index >= 15 is 0 Å². The minimum absolute atomic E-state index is 0.454. The summed E-state index contributed by atoms with van der Waals surface area (Å²) in [6.45, 7) is 13.9. The number of benzene rings is 1. The van der Waals surface area contributed by atoms with Gasteiger partial charge in [-0.15, -0.1) is 0 Å². The number of hydrogen-bond donors (Lipinski definition) is 2. The number of rotatable bonds is 9. The summed E-state index contributed by atoms with van der Waals surface area (Å²) in [4.78, 5) is 6.87. The third-order valence-corrected chi connectivity index (χ3v) is 4.76. The van der Waals surface area contributed by atoms with Crippen LogP contribution in [0, 0.1) is 5.92 Å². The van der Waals surface area contributed by atoms with Crippen LogP contribution < -0.4 is 15.4 Å². The molecular formula is C21H34N4O2. The van der Waals surface area contributed by atoms with E-state index in [-0.39, 0.29) is 0 Å². The largest absolute Gasteiger partial charge is 0.489 e. The van der Waals surface area contributed by atoms with Gasteiger partial charge in [-0.3, -0.25) is 9.89 Å². The number of morpholine rings is 1. The fraction of sp³-hybridized carbons (Fsp3) is 0.571. The molecule has 1 unspecified atom stereocenters. The quantitative estimate of drug-likeness (QED) is 0.395. The van der Waals surface area contributed by atoms with E-state index in [0.717, 1.165) is 50.1 Å². The van der Waals surface area contributed by atoms with E-state index in [9.17, 15) is 0 Å². The molecule has 1 heterocycles. The number of ether oxygens (including phenoxy) is 2. The molecular weight excluding hydrogens is 340 g/mol. The van der Waals surface area contributed by atoms with Crippen LogP contribution in [0.25, 0.3) is 0 Å². The van der Waals surface area contributed by atoms with Gasteiger partial charge >= 0.3 is 0 Å². The molecule has 1 saturated heterocycles. The van der Waals surface area contributed by atoms with Crippen molar-refractivity contribution in [3.8, 4) is 5.75 Å². The molecule has 0 saturated carbocycles. The standard InChI is InChI=1S/C21H34N4O2/c1-5-12-27-20-9-7-6-8-18(20)15-23-21(22-4)24-16-19(17(2)3)25-10-13-26-14-11-25/h5-9,17,19H,1,10-16H2,2-4H3,(H2,22,23,24). The van der Waals surface area contributed by atoms with Crippen molar-refractivity contribution in [2.45, 2.75) is 26.4 Å². The molecule has 0 aromatic heterocycles. The van der Waals surface area contributed by atoms with Crippen molar-refractivity contribution >= 4 is 5.96 Å². The van der Waals surface area contributed by atoms with Crippen LogP contribution in [0.2, 0.25) is 0 Å². The summed E-state index contributed by atoms with van der Waals surface area (Å²) >= 11 is 0. The zero-order chi connectivity index (χ0) is 19.5. The second-order valence-corrected chi connectivity index (χ2v) is 6.97. The average molecular weight is 375 g/mol. The Morgan fingerprint density at radius 3 is 2.70 bits per heavy atom. The van der Waals surface area contributed by atoms with E-state index in [0.29, 0.717) is 25.1 Å². The van der Waals surface area contributed by atoms with Gasteiger partial charge < -0.3 is 20.1 Å². The molecule has 0 amide bonds. The minimum Gasteiger partial charge on any atom is -0.489 e. The molecule has 0 aliphatic carbocycles. The predicted octanol–water partition coefficient (Wildman–Crippen LogP) is 2.27. The molecule has 1 aliphatic heterocycles. The van der Waals surface area contributed by atoms with Crippen LogP contribution in [0.3, 0.4) is 0 Å². The van der Waals surface area contributed by atoms with E-state index in [1.807, 2.05) is 18.2 Å². The van der Waals surface area contributed by atoms with Gasteiger partial charge in [0, 0.05) is 44.8 Å². The topological polar surface area (TPSA) is 58.1 Å². The number of nitrogens with one attached hydrogen (secondary N) is 2. The van der Waals surface area contributed by atoms with Crippen molar-refractivity contribution < 1.29 is 9.47 Å². The highest BCUT2D eigenvalue weighted by Gasteiger charge is 2.23. The van der Waals surface area contributed by atoms with Crippen LogP contribution in [-0.2, 0) is 11.3 Å². The molecule has 27 heavy (non-hydrogen) atoms. The summed E-state index contributed by atoms with van der Waals surface area (Å²) in [7, 11) is 1.80. The summed E-state index contributed by atoms with van der Waals surface area (Å²) in [5.74, 6) is 2.22. The number of guanidine groups is 1. The second kappa shape index (κ2) is 11.6. The Kier molecular flexibility index (Phi) is 9.15. The Hall–Kier alpha value is -2.05. The van der Waals surface area contributed by atoms with Gasteiger partial charge in [-0.25, -0.2) is 0 Å². The van der Waals surface area contributed by atoms with Crippen molar-refractivity contribution in [3.05, 3.63) is 42.5 Å². The first kappa shape index (κ1) is 21.3. The molecule has 0 bridgehead atoms. The smallest absolute Gasteiger partial charge is 0.191 e. The Balaban J connectivity index is 1.89. The van der Waals surface area contributed by atoms with E-state index in [1.165, 1.54) is 0 Å². The lowest BCUT2D eigenvalue weighted by Gasteiger charge is -2.37. The maximum absolute atomic E-state index is 5.72. The Bertz CT molecular complexity index is 598. The summed E-state index contributed by atoms with van der Waals surface area (Å²) in [6.07, 6.45) is 1.75. The fourth-order valence-electron chi connectivity index (χ4n) is 3.24. The summed E-state index contributed by atoms with van der Waals surface area (Å²) < 4.78 is 11.2. The van der Waals surface area contributed by atoms with Crippen molar-refractivity contribution in [1.82, 2.24) is 15.5 Å². The second-order valence-electron chi connectivity index (χ2n) is 6.97. The van der Waals surface area contributed by atoms with Gasteiger partial charge in [0.15, 0.2) is 5.96 Å². The monoisotopic (exact) mass is 374 g/mol. The molecule has 150 valence electrons.